The van der Waals surface area contributed by atoms with Crippen LogP contribution in [0.4, 0.5) is 5.69 Å². The molecule has 0 N–H and O–H groups in total. The fourth-order valence-corrected chi connectivity index (χ4v) is 3.48. The van der Waals surface area contributed by atoms with Crippen molar-refractivity contribution in [3.8, 4) is 0 Å². The molecule has 0 amide bonds. The summed E-state index contributed by atoms with van der Waals surface area (Å²) in [6.07, 6.45) is 5.18. The van der Waals surface area contributed by atoms with E-state index in [1.165, 1.54) is 6.08 Å². The maximum atomic E-state index is 12.1. The van der Waals surface area contributed by atoms with Crippen LogP contribution in [0.2, 0.25) is 0 Å². The Bertz CT molecular complexity index is 907. The van der Waals surface area contributed by atoms with Crippen molar-refractivity contribution in [2.45, 2.75) is 11.3 Å². The zero-order valence-electron chi connectivity index (χ0n) is 12.7. The molecular formula is C18H15ClN2O2S. The summed E-state index contributed by atoms with van der Waals surface area (Å²) in [6.45, 7) is 0. The molecule has 1 aliphatic carbocycles. The molecule has 0 saturated heterocycles. The van der Waals surface area contributed by atoms with E-state index < -0.39 is 13.9 Å². The maximum Gasteiger partial charge on any atom is 0.264 e. The summed E-state index contributed by atoms with van der Waals surface area (Å²) in [4.78, 5) is -1.58. The van der Waals surface area contributed by atoms with Gasteiger partial charge >= 0.3 is 0 Å². The minimum Gasteiger partial charge on any atom is -0.209 e. The third-order valence-corrected chi connectivity index (χ3v) is 5.79. The summed E-state index contributed by atoms with van der Waals surface area (Å²) in [7, 11) is 1.68. The average molecular weight is 359 g/mol. The summed E-state index contributed by atoms with van der Waals surface area (Å²) >= 11 is 0. The van der Waals surface area contributed by atoms with Crippen LogP contribution in [0.1, 0.15) is 12.0 Å². The van der Waals surface area contributed by atoms with Crippen molar-refractivity contribution in [3.63, 3.8) is 0 Å². The number of nitrogens with zero attached hydrogens (tertiary/aromatic N) is 2. The fraction of sp³-hybridized carbons (Fsp3) is 0.111. The average Bonchev–Trinajstić information content (AvgIpc) is 2.61. The molecule has 0 unspecified atom stereocenters. The second-order valence-corrected chi connectivity index (χ2v) is 8.18. The van der Waals surface area contributed by atoms with E-state index in [4.69, 9.17) is 10.7 Å². The van der Waals surface area contributed by atoms with E-state index in [-0.39, 0.29) is 6.42 Å². The molecule has 6 heteroatoms. The van der Waals surface area contributed by atoms with Gasteiger partial charge in [-0.15, -0.1) is 0 Å². The van der Waals surface area contributed by atoms with Crippen LogP contribution in [0.25, 0.3) is 5.57 Å². The Kier molecular flexibility index (Phi) is 4.64. The second kappa shape index (κ2) is 6.71. The Hall–Kier alpha value is -2.24. The van der Waals surface area contributed by atoms with Crippen LogP contribution in [0.5, 0.6) is 0 Å². The van der Waals surface area contributed by atoms with Crippen molar-refractivity contribution in [2.75, 3.05) is 0 Å². The quantitative estimate of drug-likeness (QED) is 0.565. The highest BCUT2D eigenvalue weighted by Crippen LogP contribution is 2.36. The first kappa shape index (κ1) is 16.6. The number of halogens is 1. The smallest absolute Gasteiger partial charge is 0.209 e. The third kappa shape index (κ3) is 3.47. The molecule has 1 aliphatic rings. The maximum absolute atomic E-state index is 12.1. The molecule has 0 saturated carbocycles. The zero-order chi connectivity index (χ0) is 17.0. The van der Waals surface area contributed by atoms with Gasteiger partial charge in [0.1, 0.15) is 0 Å². The van der Waals surface area contributed by atoms with Gasteiger partial charge in [0.15, 0.2) is 0 Å². The number of hydrogen-bond donors (Lipinski definition) is 0. The molecule has 0 bridgehead atoms. The van der Waals surface area contributed by atoms with Gasteiger partial charge in [-0.25, -0.2) is 8.42 Å². The lowest BCUT2D eigenvalue weighted by Crippen LogP contribution is -2.31. The second-order valence-electron chi connectivity index (χ2n) is 5.38. The number of azo groups is 1. The number of allylic oxidation sites excluding steroid dienone is 2. The molecule has 0 heterocycles. The van der Waals surface area contributed by atoms with E-state index in [0.717, 1.165) is 11.1 Å². The predicted octanol–water partition coefficient (Wildman–Crippen LogP) is 5.08. The topological polar surface area (TPSA) is 58.9 Å². The van der Waals surface area contributed by atoms with Crippen molar-refractivity contribution in [1.29, 1.82) is 0 Å². The summed E-state index contributed by atoms with van der Waals surface area (Å²) in [6, 6.07) is 18.7. The molecule has 0 spiro atoms. The summed E-state index contributed by atoms with van der Waals surface area (Å²) < 4.78 is 24.2. The van der Waals surface area contributed by atoms with E-state index in [2.05, 4.69) is 10.2 Å². The molecule has 24 heavy (non-hydrogen) atoms. The number of hydrogen-bond acceptors (Lipinski definition) is 4. The minimum absolute atomic E-state index is 0.135. The largest absolute Gasteiger partial charge is 0.264 e. The Morgan fingerprint density at radius 1 is 0.958 bits per heavy atom. The standard InChI is InChI=1S/C18H15ClN2O2S/c19-24(22,23)18(21-20-17-9-5-2-6-10-17)13-11-16(12-14-18)15-7-3-1-4-8-15/h1-13H,14H2/t18-/m1/s1. The van der Waals surface area contributed by atoms with Crippen molar-refractivity contribution < 1.29 is 8.42 Å². The van der Waals surface area contributed by atoms with Crippen LogP contribution in [0, 0.1) is 0 Å². The van der Waals surface area contributed by atoms with Crippen molar-refractivity contribution in [2.24, 2.45) is 10.2 Å². The molecule has 3 rings (SSSR count). The molecule has 1 atom stereocenters. The SMILES string of the molecule is O=S(=O)(Cl)[C@]1(N=Nc2ccccc2)C=CC(c2ccccc2)=CC1. The monoisotopic (exact) mass is 358 g/mol. The summed E-state index contributed by atoms with van der Waals surface area (Å²) in [5.41, 5.74) is 2.51. The van der Waals surface area contributed by atoms with Crippen LogP contribution in [-0.4, -0.2) is 13.3 Å². The van der Waals surface area contributed by atoms with Crippen LogP contribution in [0.15, 0.2) is 89.1 Å². The lowest BCUT2D eigenvalue weighted by Gasteiger charge is -2.23. The first-order chi connectivity index (χ1) is 11.5. The molecule has 2 aromatic carbocycles. The first-order valence-electron chi connectivity index (χ1n) is 7.37. The van der Waals surface area contributed by atoms with E-state index in [9.17, 15) is 8.42 Å². The highest BCUT2D eigenvalue weighted by atomic mass is 35.7. The van der Waals surface area contributed by atoms with E-state index in [1.807, 2.05) is 42.5 Å². The Balaban J connectivity index is 1.92. The van der Waals surface area contributed by atoms with Gasteiger partial charge in [-0.1, -0.05) is 60.7 Å². The molecule has 122 valence electrons. The Morgan fingerprint density at radius 2 is 1.58 bits per heavy atom. The molecule has 0 radical (unpaired) electrons. The van der Waals surface area contributed by atoms with Gasteiger partial charge in [0.05, 0.1) is 5.69 Å². The van der Waals surface area contributed by atoms with Crippen LogP contribution >= 0.6 is 10.7 Å². The van der Waals surface area contributed by atoms with E-state index in [0.29, 0.717) is 5.69 Å². The van der Waals surface area contributed by atoms with E-state index >= 15 is 0 Å². The highest BCUT2D eigenvalue weighted by Gasteiger charge is 2.41. The van der Waals surface area contributed by atoms with Gasteiger partial charge < -0.3 is 0 Å². The van der Waals surface area contributed by atoms with Crippen molar-refractivity contribution >= 4 is 31.0 Å². The molecule has 0 aliphatic heterocycles. The Morgan fingerprint density at radius 3 is 2.12 bits per heavy atom. The van der Waals surface area contributed by atoms with Gasteiger partial charge in [-0.2, -0.15) is 10.2 Å². The number of rotatable bonds is 4. The zero-order valence-corrected chi connectivity index (χ0v) is 14.3. The third-order valence-electron chi connectivity index (χ3n) is 3.76. The molecule has 4 nitrogen and oxygen atoms in total. The number of benzene rings is 2. The lowest BCUT2D eigenvalue weighted by molar-refractivity contribution is 0.564. The summed E-state index contributed by atoms with van der Waals surface area (Å²) in [5, 5.41) is 8.11. The van der Waals surface area contributed by atoms with Crippen LogP contribution in [-0.2, 0) is 9.05 Å². The normalized spacial score (nSPS) is 21.0. The van der Waals surface area contributed by atoms with Crippen LogP contribution < -0.4 is 0 Å². The van der Waals surface area contributed by atoms with Crippen molar-refractivity contribution in [3.05, 3.63) is 84.5 Å². The Labute approximate surface area is 145 Å². The van der Waals surface area contributed by atoms with Crippen LogP contribution in [0.3, 0.4) is 0 Å². The minimum atomic E-state index is -3.98. The van der Waals surface area contributed by atoms with Gasteiger partial charge in [-0.05, 0) is 29.3 Å². The van der Waals surface area contributed by atoms with E-state index in [1.54, 1.807) is 30.3 Å². The molecular weight excluding hydrogens is 344 g/mol. The highest BCUT2D eigenvalue weighted by molar-refractivity contribution is 8.15. The summed E-state index contributed by atoms with van der Waals surface area (Å²) in [5.74, 6) is 0. The lowest BCUT2D eigenvalue weighted by atomic mass is 9.97. The van der Waals surface area contributed by atoms with Gasteiger partial charge in [0.2, 0.25) is 4.87 Å². The molecule has 0 fully saturated rings. The van der Waals surface area contributed by atoms with Crippen molar-refractivity contribution in [1.82, 2.24) is 0 Å². The first-order valence-corrected chi connectivity index (χ1v) is 9.68. The van der Waals surface area contributed by atoms with Gasteiger partial charge in [0, 0.05) is 17.1 Å². The molecule has 0 aromatic heterocycles. The van der Waals surface area contributed by atoms with Gasteiger partial charge in [0.25, 0.3) is 9.05 Å². The van der Waals surface area contributed by atoms with Gasteiger partial charge in [-0.3, -0.25) is 0 Å². The predicted molar refractivity (Wildman–Crippen MR) is 96.6 cm³/mol. The molecule has 2 aromatic rings. The fourth-order valence-electron chi connectivity index (χ4n) is 2.40.